The smallest absolute Gasteiger partial charge is 0.222 e. The fourth-order valence-corrected chi connectivity index (χ4v) is 2.48. The van der Waals surface area contributed by atoms with E-state index in [1.54, 1.807) is 0 Å². The summed E-state index contributed by atoms with van der Waals surface area (Å²) in [5.41, 5.74) is 16.1. The normalized spacial score (nSPS) is 10.7. The van der Waals surface area contributed by atoms with E-state index in [0.717, 1.165) is 22.2 Å². The summed E-state index contributed by atoms with van der Waals surface area (Å²) in [6.45, 7) is 4.05. The molecule has 0 radical (unpaired) electrons. The molecule has 0 aliphatic heterocycles. The van der Waals surface area contributed by atoms with Gasteiger partial charge in [0.2, 0.25) is 5.95 Å². The van der Waals surface area contributed by atoms with Crippen molar-refractivity contribution < 1.29 is 0 Å². The lowest BCUT2D eigenvalue weighted by Gasteiger charge is -2.08. The van der Waals surface area contributed by atoms with Gasteiger partial charge < -0.3 is 16.5 Å². The van der Waals surface area contributed by atoms with Crippen molar-refractivity contribution in [2.75, 3.05) is 11.5 Å². The highest BCUT2D eigenvalue weighted by atomic mass is 15.0. The number of aryl methyl sites for hydroxylation is 2. The van der Waals surface area contributed by atoms with E-state index in [2.05, 4.69) is 21.0 Å². The summed E-state index contributed by atoms with van der Waals surface area (Å²) in [6.07, 6.45) is 0. The molecule has 0 saturated carbocycles. The van der Waals surface area contributed by atoms with Crippen molar-refractivity contribution in [3.05, 3.63) is 35.0 Å². The van der Waals surface area contributed by atoms with Crippen molar-refractivity contribution >= 4 is 22.7 Å². The molecule has 0 bridgehead atoms. The second-order valence-electron chi connectivity index (χ2n) is 4.91. The molecule has 0 spiro atoms. The Hall–Kier alpha value is -3.07. The average molecular weight is 278 g/mol. The maximum Gasteiger partial charge on any atom is 0.222 e. The molecule has 0 unspecified atom stereocenters. The van der Waals surface area contributed by atoms with Crippen LogP contribution in [-0.2, 0) is 0 Å². The number of fused-ring (bicyclic) bond motifs is 1. The van der Waals surface area contributed by atoms with Gasteiger partial charge >= 0.3 is 0 Å². The van der Waals surface area contributed by atoms with Crippen molar-refractivity contribution in [3.8, 4) is 17.3 Å². The molecule has 6 heteroatoms. The van der Waals surface area contributed by atoms with Gasteiger partial charge in [-0.05, 0) is 19.4 Å². The molecule has 2 heterocycles. The number of H-pyrrole nitrogens is 1. The van der Waals surface area contributed by atoms with Gasteiger partial charge in [0.15, 0.2) is 0 Å². The Morgan fingerprint density at radius 3 is 2.67 bits per heavy atom. The number of rotatable bonds is 1. The molecule has 3 aromatic rings. The monoisotopic (exact) mass is 278 g/mol. The number of nitriles is 1. The minimum atomic E-state index is 0.0542. The predicted molar refractivity (Wildman–Crippen MR) is 82.3 cm³/mol. The lowest BCUT2D eigenvalue weighted by molar-refractivity contribution is 1.18. The lowest BCUT2D eigenvalue weighted by atomic mass is 10.0. The van der Waals surface area contributed by atoms with Gasteiger partial charge in [-0.25, -0.2) is 4.98 Å². The number of benzene rings is 1. The van der Waals surface area contributed by atoms with Crippen molar-refractivity contribution in [2.45, 2.75) is 13.8 Å². The first-order valence-electron chi connectivity index (χ1n) is 6.44. The van der Waals surface area contributed by atoms with Crippen LogP contribution in [-0.4, -0.2) is 15.0 Å². The Kier molecular flexibility index (Phi) is 2.77. The van der Waals surface area contributed by atoms with Gasteiger partial charge in [0.05, 0.1) is 11.2 Å². The molecule has 0 fully saturated rings. The summed E-state index contributed by atoms with van der Waals surface area (Å²) in [5, 5.41) is 10.4. The number of aromatic amines is 1. The van der Waals surface area contributed by atoms with Crippen LogP contribution in [0.15, 0.2) is 18.2 Å². The summed E-state index contributed by atoms with van der Waals surface area (Å²) < 4.78 is 0. The minimum absolute atomic E-state index is 0.0542. The average Bonchev–Trinajstić information content (AvgIpc) is 2.74. The Morgan fingerprint density at radius 2 is 1.95 bits per heavy atom. The molecule has 0 atom stereocenters. The number of nitrogens with one attached hydrogen (secondary N) is 1. The van der Waals surface area contributed by atoms with E-state index in [4.69, 9.17) is 11.5 Å². The number of hydrogen-bond donors (Lipinski definition) is 3. The highest BCUT2D eigenvalue weighted by Crippen LogP contribution is 2.33. The molecule has 0 saturated heterocycles. The van der Waals surface area contributed by atoms with Crippen molar-refractivity contribution in [1.29, 1.82) is 5.26 Å². The zero-order valence-corrected chi connectivity index (χ0v) is 11.7. The SMILES string of the molecule is Cc1[nH]c2c(-c3nc(N)nc(N)c3C#N)cccc2c1C. The van der Waals surface area contributed by atoms with Crippen LogP contribution < -0.4 is 11.5 Å². The summed E-state index contributed by atoms with van der Waals surface area (Å²) in [4.78, 5) is 11.4. The maximum absolute atomic E-state index is 9.32. The molecule has 6 nitrogen and oxygen atoms in total. The third-order valence-electron chi connectivity index (χ3n) is 3.66. The van der Waals surface area contributed by atoms with Gasteiger partial charge in [-0.3, -0.25) is 0 Å². The van der Waals surface area contributed by atoms with Crippen LogP contribution in [0.3, 0.4) is 0 Å². The lowest BCUT2D eigenvalue weighted by Crippen LogP contribution is -2.05. The highest BCUT2D eigenvalue weighted by molar-refractivity contribution is 5.97. The molecular weight excluding hydrogens is 264 g/mol. The van der Waals surface area contributed by atoms with E-state index >= 15 is 0 Å². The maximum atomic E-state index is 9.32. The first-order valence-corrected chi connectivity index (χ1v) is 6.44. The van der Waals surface area contributed by atoms with Crippen molar-refractivity contribution in [3.63, 3.8) is 0 Å². The first-order chi connectivity index (χ1) is 10.0. The second kappa shape index (κ2) is 4.49. The van der Waals surface area contributed by atoms with E-state index in [0.29, 0.717) is 5.69 Å². The Morgan fingerprint density at radius 1 is 1.19 bits per heavy atom. The summed E-state index contributed by atoms with van der Waals surface area (Å²) in [6, 6.07) is 7.89. The predicted octanol–water partition coefficient (Wildman–Crippen LogP) is 2.28. The van der Waals surface area contributed by atoms with Crippen LogP contribution in [0, 0.1) is 25.2 Å². The van der Waals surface area contributed by atoms with Gasteiger partial charge in [0.1, 0.15) is 17.5 Å². The van der Waals surface area contributed by atoms with E-state index in [-0.39, 0.29) is 17.3 Å². The molecule has 1 aromatic carbocycles. The number of nitrogen functional groups attached to an aromatic ring is 2. The van der Waals surface area contributed by atoms with Crippen LogP contribution in [0.1, 0.15) is 16.8 Å². The number of anilines is 2. The number of hydrogen-bond acceptors (Lipinski definition) is 5. The summed E-state index contributed by atoms with van der Waals surface area (Å²) in [5.74, 6) is 0.149. The van der Waals surface area contributed by atoms with Crippen LogP contribution in [0.4, 0.5) is 11.8 Å². The fraction of sp³-hybridized carbons (Fsp3) is 0.133. The fourth-order valence-electron chi connectivity index (χ4n) is 2.48. The third-order valence-corrected chi connectivity index (χ3v) is 3.66. The second-order valence-corrected chi connectivity index (χ2v) is 4.91. The minimum Gasteiger partial charge on any atom is -0.382 e. The van der Waals surface area contributed by atoms with E-state index in [1.807, 2.05) is 32.0 Å². The largest absolute Gasteiger partial charge is 0.382 e. The van der Waals surface area contributed by atoms with E-state index < -0.39 is 0 Å². The van der Waals surface area contributed by atoms with Crippen LogP contribution in [0.25, 0.3) is 22.2 Å². The quantitative estimate of drug-likeness (QED) is 0.631. The van der Waals surface area contributed by atoms with Gasteiger partial charge in [0.25, 0.3) is 0 Å². The zero-order valence-electron chi connectivity index (χ0n) is 11.7. The van der Waals surface area contributed by atoms with Gasteiger partial charge in [-0.1, -0.05) is 18.2 Å². The van der Waals surface area contributed by atoms with E-state index in [1.165, 1.54) is 5.56 Å². The molecule has 21 heavy (non-hydrogen) atoms. The third kappa shape index (κ3) is 1.87. The number of aromatic nitrogens is 3. The molecule has 0 amide bonds. The summed E-state index contributed by atoms with van der Waals surface area (Å²) >= 11 is 0. The van der Waals surface area contributed by atoms with Crippen LogP contribution >= 0.6 is 0 Å². The Labute approximate surface area is 121 Å². The van der Waals surface area contributed by atoms with E-state index in [9.17, 15) is 5.26 Å². The molecule has 104 valence electrons. The van der Waals surface area contributed by atoms with Crippen LogP contribution in [0.2, 0.25) is 0 Å². The van der Waals surface area contributed by atoms with Gasteiger partial charge in [0, 0.05) is 16.6 Å². The standard InChI is InChI=1S/C15H14N6/c1-7-8(2)19-12-9(7)4-3-5-10(12)13-11(6-16)14(17)21-15(18)20-13/h3-5,19H,1-2H3,(H4,17,18,20,21). The summed E-state index contributed by atoms with van der Waals surface area (Å²) in [7, 11) is 0. The molecule has 0 aliphatic carbocycles. The number of nitrogens with two attached hydrogens (primary N) is 2. The molecular formula is C15H14N6. The molecule has 2 aromatic heterocycles. The van der Waals surface area contributed by atoms with Crippen molar-refractivity contribution in [1.82, 2.24) is 15.0 Å². The Bertz CT molecular complexity index is 901. The van der Waals surface area contributed by atoms with Gasteiger partial charge in [-0.15, -0.1) is 0 Å². The number of nitrogens with zero attached hydrogens (tertiary/aromatic N) is 3. The van der Waals surface area contributed by atoms with Gasteiger partial charge in [-0.2, -0.15) is 10.2 Å². The molecule has 5 N–H and O–H groups in total. The topological polar surface area (TPSA) is 117 Å². The Balaban J connectivity index is 2.42. The zero-order chi connectivity index (χ0) is 15.1. The van der Waals surface area contributed by atoms with Crippen LogP contribution in [0.5, 0.6) is 0 Å². The highest BCUT2D eigenvalue weighted by Gasteiger charge is 2.17. The van der Waals surface area contributed by atoms with Crippen molar-refractivity contribution in [2.24, 2.45) is 0 Å². The first kappa shape index (κ1) is 12.9. The molecule has 0 aliphatic rings. The molecule has 3 rings (SSSR count). The number of para-hydroxylation sites is 1.